The summed E-state index contributed by atoms with van der Waals surface area (Å²) in [5, 5.41) is 0.606. The summed E-state index contributed by atoms with van der Waals surface area (Å²) in [5.74, 6) is 1.63. The number of piperidine rings is 1. The lowest BCUT2D eigenvalue weighted by atomic mass is 9.89. The summed E-state index contributed by atoms with van der Waals surface area (Å²) >= 11 is 6.22. The van der Waals surface area contributed by atoms with E-state index in [0.29, 0.717) is 58.5 Å². The summed E-state index contributed by atoms with van der Waals surface area (Å²) in [6.45, 7) is 2.23. The first-order chi connectivity index (χ1) is 21.6. The van der Waals surface area contributed by atoms with E-state index in [1.807, 2.05) is 91.0 Å². The minimum Gasteiger partial charge on any atom is -0.495 e. The van der Waals surface area contributed by atoms with Crippen molar-refractivity contribution >= 4 is 17.3 Å². The number of aromatic nitrogens is 1. The molecule has 6 rings (SSSR count). The van der Waals surface area contributed by atoms with E-state index < -0.39 is 0 Å². The zero-order valence-electron chi connectivity index (χ0n) is 24.6. The number of methoxy groups -OCH3 is 1. The minimum atomic E-state index is -0.271. The Bertz CT molecular complexity index is 1690. The molecule has 44 heavy (non-hydrogen) atoms. The predicted octanol–water partition coefficient (Wildman–Crippen LogP) is 9.09. The van der Waals surface area contributed by atoms with Crippen LogP contribution in [0.2, 0.25) is 5.02 Å². The lowest BCUT2D eigenvalue weighted by molar-refractivity contribution is 0.268. The highest BCUT2D eigenvalue weighted by molar-refractivity contribution is 6.32. The zero-order chi connectivity index (χ0) is 30.3. The Morgan fingerprint density at radius 3 is 2.14 bits per heavy atom. The average molecular weight is 609 g/mol. The molecule has 224 valence electrons. The maximum absolute atomic E-state index is 15.7. The number of hydrogen-bond acceptors (Lipinski definition) is 5. The van der Waals surface area contributed by atoms with Gasteiger partial charge in [-0.3, -0.25) is 0 Å². The van der Waals surface area contributed by atoms with Crippen LogP contribution in [0.4, 0.5) is 10.1 Å². The molecule has 2 heterocycles. The molecule has 1 saturated heterocycles. The Labute approximate surface area is 262 Å². The van der Waals surface area contributed by atoms with Gasteiger partial charge < -0.3 is 19.1 Å². The van der Waals surface area contributed by atoms with E-state index in [4.69, 9.17) is 25.8 Å². The Hall–Kier alpha value is -4.55. The molecule has 5 aromatic rings. The van der Waals surface area contributed by atoms with E-state index in [9.17, 15) is 0 Å². The SMILES string of the molecule is COc1cc(C2CCN(c3ccc(-c4ccc(OCc5ccccc5)nc4OCc4ccccc4)cc3F)CC2)ccc1Cl. The number of benzene rings is 4. The van der Waals surface area contributed by atoms with Crippen molar-refractivity contribution in [1.82, 2.24) is 4.98 Å². The predicted molar refractivity (Wildman–Crippen MR) is 173 cm³/mol. The van der Waals surface area contributed by atoms with Gasteiger partial charge in [-0.2, -0.15) is 4.98 Å². The van der Waals surface area contributed by atoms with Crippen LogP contribution in [0.3, 0.4) is 0 Å². The van der Waals surface area contributed by atoms with Crippen LogP contribution in [0.5, 0.6) is 17.5 Å². The molecule has 0 radical (unpaired) electrons. The first kappa shape index (κ1) is 29.5. The topological polar surface area (TPSA) is 43.8 Å². The van der Waals surface area contributed by atoms with Gasteiger partial charge in [0.1, 0.15) is 24.8 Å². The first-order valence-corrected chi connectivity index (χ1v) is 15.2. The number of anilines is 1. The molecule has 1 fully saturated rings. The molecule has 0 aliphatic carbocycles. The van der Waals surface area contributed by atoms with Crippen LogP contribution in [0.15, 0.2) is 109 Å². The average Bonchev–Trinajstić information content (AvgIpc) is 3.08. The smallest absolute Gasteiger partial charge is 0.225 e. The second-order valence-electron chi connectivity index (χ2n) is 10.9. The van der Waals surface area contributed by atoms with Crippen LogP contribution in [0, 0.1) is 5.82 Å². The molecule has 0 amide bonds. The van der Waals surface area contributed by atoms with Crippen LogP contribution < -0.4 is 19.1 Å². The van der Waals surface area contributed by atoms with E-state index in [1.54, 1.807) is 19.2 Å². The summed E-state index contributed by atoms with van der Waals surface area (Å²) < 4.78 is 33.3. The molecule has 0 bridgehead atoms. The number of ether oxygens (including phenoxy) is 3. The van der Waals surface area contributed by atoms with E-state index in [-0.39, 0.29) is 5.82 Å². The fourth-order valence-electron chi connectivity index (χ4n) is 5.61. The largest absolute Gasteiger partial charge is 0.495 e. The van der Waals surface area contributed by atoms with Crippen molar-refractivity contribution in [1.29, 1.82) is 0 Å². The van der Waals surface area contributed by atoms with Gasteiger partial charge in [-0.1, -0.05) is 84.4 Å². The summed E-state index contributed by atoms with van der Waals surface area (Å²) in [6.07, 6.45) is 1.83. The van der Waals surface area contributed by atoms with Crippen molar-refractivity contribution in [3.63, 3.8) is 0 Å². The van der Waals surface area contributed by atoms with Crippen molar-refractivity contribution in [2.24, 2.45) is 0 Å². The number of hydrogen-bond donors (Lipinski definition) is 0. The molecule has 0 unspecified atom stereocenters. The van der Waals surface area contributed by atoms with Gasteiger partial charge >= 0.3 is 0 Å². The number of nitrogens with zero attached hydrogens (tertiary/aromatic N) is 2. The van der Waals surface area contributed by atoms with Gasteiger partial charge in [0, 0.05) is 24.7 Å². The van der Waals surface area contributed by atoms with E-state index >= 15 is 4.39 Å². The highest BCUT2D eigenvalue weighted by atomic mass is 35.5. The van der Waals surface area contributed by atoms with E-state index in [0.717, 1.165) is 37.1 Å². The number of halogens is 2. The highest BCUT2D eigenvalue weighted by Gasteiger charge is 2.24. The monoisotopic (exact) mass is 608 g/mol. The Morgan fingerprint density at radius 2 is 1.48 bits per heavy atom. The second-order valence-corrected chi connectivity index (χ2v) is 11.3. The van der Waals surface area contributed by atoms with Crippen LogP contribution >= 0.6 is 11.6 Å². The molecule has 5 nitrogen and oxygen atoms in total. The van der Waals surface area contributed by atoms with Gasteiger partial charge in [-0.25, -0.2) is 4.39 Å². The van der Waals surface area contributed by atoms with Crippen molar-refractivity contribution in [2.75, 3.05) is 25.1 Å². The Kier molecular flexibility index (Phi) is 9.28. The minimum absolute atomic E-state index is 0.271. The van der Waals surface area contributed by atoms with Gasteiger partial charge in [0.25, 0.3) is 0 Å². The zero-order valence-corrected chi connectivity index (χ0v) is 25.3. The molecule has 0 atom stereocenters. The molecule has 0 spiro atoms. The maximum Gasteiger partial charge on any atom is 0.225 e. The number of pyridine rings is 1. The van der Waals surface area contributed by atoms with Crippen LogP contribution in [0.25, 0.3) is 11.1 Å². The van der Waals surface area contributed by atoms with Gasteiger partial charge in [-0.05, 0) is 71.3 Å². The summed E-state index contributed by atoms with van der Waals surface area (Å²) in [4.78, 5) is 6.80. The molecular formula is C37H34ClFN2O3. The lowest BCUT2D eigenvalue weighted by Gasteiger charge is -2.34. The van der Waals surface area contributed by atoms with Gasteiger partial charge in [0.15, 0.2) is 0 Å². The molecule has 7 heteroatoms. The maximum atomic E-state index is 15.7. The van der Waals surface area contributed by atoms with E-state index in [1.165, 1.54) is 5.56 Å². The molecule has 1 aromatic heterocycles. The van der Waals surface area contributed by atoms with E-state index in [2.05, 4.69) is 16.0 Å². The summed E-state index contributed by atoms with van der Waals surface area (Å²) in [6, 6.07) is 34.8. The fraction of sp³-hybridized carbons (Fsp3) is 0.216. The number of rotatable bonds is 10. The summed E-state index contributed by atoms with van der Waals surface area (Å²) in [5.41, 5.74) is 5.25. The summed E-state index contributed by atoms with van der Waals surface area (Å²) in [7, 11) is 1.63. The fourth-order valence-corrected chi connectivity index (χ4v) is 5.80. The van der Waals surface area contributed by atoms with Crippen molar-refractivity contribution in [3.8, 4) is 28.6 Å². The molecule has 4 aromatic carbocycles. The molecule has 0 N–H and O–H groups in total. The lowest BCUT2D eigenvalue weighted by Crippen LogP contribution is -2.33. The van der Waals surface area contributed by atoms with Gasteiger partial charge in [0.05, 0.1) is 17.8 Å². The molecule has 1 aliphatic heterocycles. The molecule has 0 saturated carbocycles. The third kappa shape index (κ3) is 6.98. The van der Waals surface area contributed by atoms with Gasteiger partial charge in [-0.15, -0.1) is 0 Å². The van der Waals surface area contributed by atoms with Crippen molar-refractivity contribution in [2.45, 2.75) is 32.0 Å². The molecule has 1 aliphatic rings. The first-order valence-electron chi connectivity index (χ1n) is 14.8. The highest BCUT2D eigenvalue weighted by Crippen LogP contribution is 2.37. The van der Waals surface area contributed by atoms with Crippen LogP contribution in [-0.4, -0.2) is 25.2 Å². The third-order valence-corrected chi connectivity index (χ3v) is 8.34. The third-order valence-electron chi connectivity index (χ3n) is 8.02. The normalized spacial score (nSPS) is 13.5. The van der Waals surface area contributed by atoms with Gasteiger partial charge in [0.2, 0.25) is 11.8 Å². The van der Waals surface area contributed by atoms with Crippen molar-refractivity contribution in [3.05, 3.63) is 137 Å². The Balaban J connectivity index is 1.19. The standard InChI is InChI=1S/C37H34ClFN2O3/c1-42-35-23-29(12-15-32(35)38)28-18-20-41(21-19-28)34-16-13-30(22-33(34)39)31-14-17-36(43-24-26-8-4-2-5-9-26)40-37(31)44-25-27-10-6-3-7-11-27/h2-17,22-23,28H,18-21,24-25H2,1H3. The molecular weight excluding hydrogens is 575 g/mol. The quantitative estimate of drug-likeness (QED) is 0.158. The van der Waals surface area contributed by atoms with Crippen LogP contribution in [0.1, 0.15) is 35.4 Å². The van der Waals surface area contributed by atoms with Crippen LogP contribution in [-0.2, 0) is 13.2 Å². The Morgan fingerprint density at radius 1 is 0.795 bits per heavy atom. The van der Waals surface area contributed by atoms with Crippen molar-refractivity contribution < 1.29 is 18.6 Å². The second kappa shape index (κ2) is 13.8.